The molecule has 0 spiro atoms. The first-order chi connectivity index (χ1) is 16.6. The van der Waals surface area contributed by atoms with Crippen molar-refractivity contribution in [3.05, 3.63) is 72.3 Å². The van der Waals surface area contributed by atoms with Crippen LogP contribution in [0.1, 0.15) is 36.0 Å². The van der Waals surface area contributed by atoms with Gasteiger partial charge in [-0.15, -0.1) is 0 Å². The van der Waals surface area contributed by atoms with Crippen LogP contribution in [0.3, 0.4) is 0 Å². The van der Waals surface area contributed by atoms with E-state index in [0.717, 1.165) is 43.0 Å². The minimum absolute atomic E-state index is 0.0898. The van der Waals surface area contributed by atoms with Gasteiger partial charge in [-0.1, -0.05) is 36.0 Å². The van der Waals surface area contributed by atoms with Gasteiger partial charge in [0.2, 0.25) is 11.8 Å². The molecule has 1 fully saturated rings. The first-order valence-electron chi connectivity index (χ1n) is 11.7. The van der Waals surface area contributed by atoms with E-state index in [4.69, 9.17) is 5.73 Å². The Kier molecular flexibility index (Phi) is 6.45. The van der Waals surface area contributed by atoms with Gasteiger partial charge in [0.1, 0.15) is 0 Å². The number of benzene rings is 3. The van der Waals surface area contributed by atoms with Crippen molar-refractivity contribution in [1.29, 1.82) is 0 Å². The summed E-state index contributed by atoms with van der Waals surface area (Å²) in [5, 5.41) is 3.07. The number of nitrogens with one attached hydrogen (secondary N) is 1. The molecule has 3 N–H and O–H groups in total. The fraction of sp³-hybridized carbons (Fsp3) is 0.259. The van der Waals surface area contributed by atoms with Crippen molar-refractivity contribution in [2.75, 3.05) is 34.8 Å². The van der Waals surface area contributed by atoms with Crippen LogP contribution in [0, 0.1) is 0 Å². The zero-order chi connectivity index (χ0) is 23.5. The second kappa shape index (κ2) is 9.81. The van der Waals surface area contributed by atoms with Gasteiger partial charge >= 0.3 is 0 Å². The van der Waals surface area contributed by atoms with Crippen LogP contribution in [0.5, 0.6) is 0 Å². The van der Waals surface area contributed by atoms with Gasteiger partial charge in [-0.3, -0.25) is 9.59 Å². The van der Waals surface area contributed by atoms with Crippen molar-refractivity contribution in [2.24, 2.45) is 5.73 Å². The van der Waals surface area contributed by atoms with E-state index in [2.05, 4.69) is 39.4 Å². The number of amides is 2. The predicted octanol–water partition coefficient (Wildman–Crippen LogP) is 5.41. The Bertz CT molecular complexity index is 1180. The first-order valence-corrected chi connectivity index (χ1v) is 12.5. The highest BCUT2D eigenvalue weighted by Crippen LogP contribution is 2.47. The normalized spacial score (nSPS) is 14.8. The number of anilines is 4. The van der Waals surface area contributed by atoms with E-state index in [0.29, 0.717) is 24.2 Å². The van der Waals surface area contributed by atoms with Crippen LogP contribution in [0.2, 0.25) is 0 Å². The Balaban J connectivity index is 1.35. The molecule has 3 aromatic rings. The summed E-state index contributed by atoms with van der Waals surface area (Å²) in [5.74, 6) is -0.590. The molecule has 2 aliphatic rings. The van der Waals surface area contributed by atoms with Gasteiger partial charge in [-0.25, -0.2) is 0 Å². The summed E-state index contributed by atoms with van der Waals surface area (Å²) in [6, 6.07) is 21.9. The number of carbonyl (C=O) groups excluding carboxylic acids is 2. The third-order valence-corrected chi connectivity index (χ3v) is 7.48. The highest BCUT2D eigenvalue weighted by atomic mass is 32.2. The maximum absolute atomic E-state index is 13.1. The third kappa shape index (κ3) is 4.61. The molecule has 34 heavy (non-hydrogen) atoms. The Hall–Kier alpha value is -3.45. The summed E-state index contributed by atoms with van der Waals surface area (Å²) >= 11 is 1.75. The van der Waals surface area contributed by atoms with Crippen LogP contribution in [0.15, 0.2) is 76.5 Å². The molecule has 5 rings (SSSR count). The molecule has 0 bridgehead atoms. The Morgan fingerprint density at radius 2 is 1.50 bits per heavy atom. The van der Waals surface area contributed by atoms with E-state index >= 15 is 0 Å². The van der Waals surface area contributed by atoms with Crippen molar-refractivity contribution in [3.63, 3.8) is 0 Å². The van der Waals surface area contributed by atoms with E-state index in [1.165, 1.54) is 16.2 Å². The Morgan fingerprint density at radius 1 is 0.853 bits per heavy atom. The summed E-state index contributed by atoms with van der Waals surface area (Å²) in [6.07, 6.45) is 3.77. The van der Waals surface area contributed by atoms with Gasteiger partial charge < -0.3 is 20.9 Å². The van der Waals surface area contributed by atoms with Crippen molar-refractivity contribution in [3.8, 4) is 0 Å². The number of hydrogen-bond acceptors (Lipinski definition) is 5. The molecule has 0 atom stereocenters. The fourth-order valence-electron chi connectivity index (χ4n) is 4.65. The summed E-state index contributed by atoms with van der Waals surface area (Å²) in [5.41, 5.74) is 9.74. The SMILES string of the molecule is NC(=O)c1ccc(N2CCCCC2)c(NC(=O)CCN2c3ccccc3Sc3ccccc32)c1. The van der Waals surface area contributed by atoms with Crippen molar-refractivity contribution in [1.82, 2.24) is 0 Å². The second-order valence-electron chi connectivity index (χ2n) is 8.63. The molecule has 3 aromatic carbocycles. The lowest BCUT2D eigenvalue weighted by Gasteiger charge is -2.33. The number of nitrogens with zero attached hydrogens (tertiary/aromatic N) is 2. The van der Waals surface area contributed by atoms with E-state index in [1.807, 2.05) is 30.3 Å². The van der Waals surface area contributed by atoms with E-state index in [1.54, 1.807) is 23.9 Å². The molecule has 0 saturated carbocycles. The lowest BCUT2D eigenvalue weighted by molar-refractivity contribution is -0.116. The van der Waals surface area contributed by atoms with E-state index in [9.17, 15) is 9.59 Å². The highest BCUT2D eigenvalue weighted by Gasteiger charge is 2.24. The standard InChI is InChI=1S/C27H28N4O2S/c28-27(33)19-12-13-21(30-15-6-1-7-16-30)20(18-19)29-26(32)14-17-31-22-8-2-4-10-24(22)34-25-11-5-3-9-23(25)31/h2-5,8-13,18H,1,6-7,14-17H2,(H2,28,33)(H,29,32). The molecule has 0 unspecified atom stereocenters. The molecule has 6 nitrogen and oxygen atoms in total. The van der Waals surface area contributed by atoms with Crippen molar-refractivity contribution < 1.29 is 9.59 Å². The first kappa shape index (κ1) is 22.3. The number of rotatable bonds is 6. The van der Waals surface area contributed by atoms with Crippen molar-refractivity contribution >= 4 is 46.3 Å². The fourth-order valence-corrected chi connectivity index (χ4v) is 5.74. The maximum atomic E-state index is 13.1. The summed E-state index contributed by atoms with van der Waals surface area (Å²) in [6.45, 7) is 2.44. The molecule has 0 aromatic heterocycles. The van der Waals surface area contributed by atoms with E-state index in [-0.39, 0.29) is 5.91 Å². The van der Waals surface area contributed by atoms with Gasteiger partial charge in [-0.05, 0) is 61.7 Å². The van der Waals surface area contributed by atoms with Crippen LogP contribution in [-0.2, 0) is 4.79 Å². The predicted molar refractivity (Wildman–Crippen MR) is 138 cm³/mol. The van der Waals surface area contributed by atoms with Crippen LogP contribution >= 0.6 is 11.8 Å². The molecular weight excluding hydrogens is 444 g/mol. The highest BCUT2D eigenvalue weighted by molar-refractivity contribution is 7.99. The zero-order valence-electron chi connectivity index (χ0n) is 19.0. The number of fused-ring (bicyclic) bond motifs is 2. The minimum Gasteiger partial charge on any atom is -0.370 e. The smallest absolute Gasteiger partial charge is 0.248 e. The third-order valence-electron chi connectivity index (χ3n) is 6.35. The lowest BCUT2D eigenvalue weighted by atomic mass is 10.1. The van der Waals surface area contributed by atoms with Crippen LogP contribution in [0.4, 0.5) is 22.7 Å². The van der Waals surface area contributed by atoms with Gasteiger partial charge in [0.15, 0.2) is 0 Å². The number of carbonyl (C=O) groups is 2. The molecule has 174 valence electrons. The molecule has 7 heteroatoms. The Morgan fingerprint density at radius 3 is 2.15 bits per heavy atom. The number of primary amides is 1. The second-order valence-corrected chi connectivity index (χ2v) is 9.71. The average molecular weight is 473 g/mol. The number of hydrogen-bond donors (Lipinski definition) is 2. The topological polar surface area (TPSA) is 78.7 Å². The average Bonchev–Trinajstić information content (AvgIpc) is 2.87. The minimum atomic E-state index is -0.500. The number of para-hydroxylation sites is 2. The molecule has 2 heterocycles. The molecular formula is C27H28N4O2S. The van der Waals surface area contributed by atoms with Gasteiger partial charge in [0.05, 0.1) is 22.7 Å². The summed E-state index contributed by atoms with van der Waals surface area (Å²) in [7, 11) is 0. The van der Waals surface area contributed by atoms with Crippen LogP contribution < -0.4 is 20.9 Å². The number of nitrogens with two attached hydrogens (primary N) is 1. The van der Waals surface area contributed by atoms with Crippen LogP contribution in [-0.4, -0.2) is 31.4 Å². The number of piperidine rings is 1. The largest absolute Gasteiger partial charge is 0.370 e. The Labute approximate surface area is 204 Å². The molecule has 2 aliphatic heterocycles. The molecule has 0 radical (unpaired) electrons. The maximum Gasteiger partial charge on any atom is 0.248 e. The molecule has 2 amide bonds. The summed E-state index contributed by atoms with van der Waals surface area (Å²) in [4.78, 5) is 31.8. The van der Waals surface area contributed by atoms with E-state index < -0.39 is 5.91 Å². The zero-order valence-corrected chi connectivity index (χ0v) is 19.8. The summed E-state index contributed by atoms with van der Waals surface area (Å²) < 4.78 is 0. The van der Waals surface area contributed by atoms with Gasteiger partial charge in [-0.2, -0.15) is 0 Å². The monoisotopic (exact) mass is 472 g/mol. The van der Waals surface area contributed by atoms with Crippen molar-refractivity contribution in [2.45, 2.75) is 35.5 Å². The lowest BCUT2D eigenvalue weighted by Crippen LogP contribution is -2.31. The van der Waals surface area contributed by atoms with Gasteiger partial charge in [0, 0.05) is 41.4 Å². The van der Waals surface area contributed by atoms with Gasteiger partial charge in [0.25, 0.3) is 0 Å². The molecule has 1 saturated heterocycles. The molecule has 0 aliphatic carbocycles. The van der Waals surface area contributed by atoms with Crippen LogP contribution in [0.25, 0.3) is 0 Å². The quantitative estimate of drug-likeness (QED) is 0.502.